The van der Waals surface area contributed by atoms with Gasteiger partial charge in [0.2, 0.25) is 11.8 Å². The largest absolute Gasteiger partial charge is 0.453 e. The number of nitrogens with zero attached hydrogens (tertiary/aromatic N) is 4. The Morgan fingerprint density at radius 2 is 1.02 bits per heavy atom. The number of methoxy groups -OCH3 is 2. The number of H-pyrrole nitrogens is 2. The summed E-state index contributed by atoms with van der Waals surface area (Å²) in [5, 5.41) is 5.35. The minimum atomic E-state index is -0.737. The van der Waals surface area contributed by atoms with E-state index in [0.717, 1.165) is 44.8 Å². The molecule has 4 N–H and O–H groups in total. The van der Waals surface area contributed by atoms with Crippen LogP contribution in [0.15, 0.2) is 84.2 Å². The molecule has 0 saturated carbocycles. The molecule has 0 aliphatic carbocycles. The molecule has 58 heavy (non-hydrogen) atoms. The van der Waals surface area contributed by atoms with Gasteiger partial charge in [-0.1, -0.05) is 87.1 Å². The summed E-state index contributed by atoms with van der Waals surface area (Å²) in [5.41, 5.74) is 7.21. The molecule has 2 aliphatic rings. The van der Waals surface area contributed by atoms with Crippen molar-refractivity contribution >= 4 is 24.0 Å². The lowest BCUT2D eigenvalue weighted by Gasteiger charge is -2.30. The van der Waals surface area contributed by atoms with Crippen LogP contribution in [-0.4, -0.2) is 93.1 Å². The number of amides is 4. The van der Waals surface area contributed by atoms with Crippen LogP contribution in [0.25, 0.3) is 22.5 Å². The molecule has 4 amide bonds. The Hall–Kier alpha value is -6.62. The monoisotopic (exact) mass is 786 g/mol. The zero-order chi connectivity index (χ0) is 41.7. The number of carbonyl (C=O) groups is 4. The number of imidazole rings is 2. The molecule has 0 bridgehead atoms. The smallest absolute Gasteiger partial charge is 0.407 e. The number of carbonyl (C=O) groups excluding carboxylic acids is 4. The zero-order valence-corrected chi connectivity index (χ0v) is 34.0. The van der Waals surface area contributed by atoms with Gasteiger partial charge in [0, 0.05) is 24.2 Å². The summed E-state index contributed by atoms with van der Waals surface area (Å²) in [7, 11) is 2.55. The van der Waals surface area contributed by atoms with Gasteiger partial charge in [-0.15, -0.1) is 0 Å². The van der Waals surface area contributed by atoms with Gasteiger partial charge in [-0.3, -0.25) is 9.59 Å². The number of rotatable bonds is 10. The average Bonchev–Trinajstić information content (AvgIpc) is 4.04. The first-order chi connectivity index (χ1) is 27.8. The van der Waals surface area contributed by atoms with Crippen LogP contribution < -0.4 is 10.6 Å². The van der Waals surface area contributed by atoms with E-state index in [0.29, 0.717) is 24.7 Å². The maximum absolute atomic E-state index is 13.6. The predicted molar refractivity (Wildman–Crippen MR) is 219 cm³/mol. The number of hydrogen-bond acceptors (Lipinski definition) is 8. The lowest BCUT2D eigenvalue weighted by Crippen LogP contribution is -2.51. The topological polar surface area (TPSA) is 175 Å². The van der Waals surface area contributed by atoms with Crippen molar-refractivity contribution in [3.63, 3.8) is 0 Å². The second kappa shape index (κ2) is 17.7. The first kappa shape index (κ1) is 41.0. The first-order valence-electron chi connectivity index (χ1n) is 19.2. The summed E-state index contributed by atoms with van der Waals surface area (Å²) in [5.74, 6) is 7.05. The van der Waals surface area contributed by atoms with Gasteiger partial charge in [0.1, 0.15) is 35.8 Å². The molecule has 2 aromatic heterocycles. The van der Waals surface area contributed by atoms with Crippen molar-refractivity contribution in [2.75, 3.05) is 27.3 Å². The van der Waals surface area contributed by atoms with Crippen LogP contribution in [0.1, 0.15) is 76.4 Å². The standard InChI is InChI=1S/C44H50N8O6/c1-25(2)37(49-43(55)57-7)41(53)51-23-27(5)19-35(51)39-45-21-33(47-39)31-15-11-29(12-16-31)9-10-30-13-17-32(18-14-30)34-22-46-40(48-34)36-20-28(6)24-52(36)42(54)38(26(3)4)50-44(56)58-8/h11-22,25-26,35-38H,23-24H2,1-8H3,(H,45,47)(H,46,48)(H,49,55)(H,50,56)/t35-,36-,37-,38-/m0/s1. The highest BCUT2D eigenvalue weighted by Crippen LogP contribution is 2.33. The van der Waals surface area contributed by atoms with Crippen LogP contribution in [-0.2, 0) is 19.1 Å². The number of hydrogen-bond donors (Lipinski definition) is 4. The highest BCUT2D eigenvalue weighted by molar-refractivity contribution is 5.88. The maximum Gasteiger partial charge on any atom is 0.407 e. The van der Waals surface area contributed by atoms with E-state index >= 15 is 0 Å². The van der Waals surface area contributed by atoms with Crippen molar-refractivity contribution in [1.82, 2.24) is 40.4 Å². The fourth-order valence-corrected chi connectivity index (χ4v) is 7.08. The van der Waals surface area contributed by atoms with Crippen LogP contribution in [0, 0.1) is 23.7 Å². The third-order valence-corrected chi connectivity index (χ3v) is 10.2. The molecule has 4 aromatic rings. The van der Waals surface area contributed by atoms with Crippen molar-refractivity contribution in [3.05, 3.63) is 107 Å². The van der Waals surface area contributed by atoms with Gasteiger partial charge in [0.05, 0.1) is 38.0 Å². The van der Waals surface area contributed by atoms with Gasteiger partial charge in [0.15, 0.2) is 0 Å². The van der Waals surface area contributed by atoms with Crippen LogP contribution in [0.5, 0.6) is 0 Å². The summed E-state index contributed by atoms with van der Waals surface area (Å²) in [6.45, 7) is 12.3. The van der Waals surface area contributed by atoms with Gasteiger partial charge in [0.25, 0.3) is 0 Å². The summed E-state index contributed by atoms with van der Waals surface area (Å²) in [6, 6.07) is 13.4. The van der Waals surface area contributed by atoms with E-state index in [2.05, 4.69) is 42.4 Å². The van der Waals surface area contributed by atoms with Gasteiger partial charge >= 0.3 is 12.2 Å². The molecule has 0 saturated heterocycles. The Bertz CT molecular complexity index is 2120. The van der Waals surface area contributed by atoms with E-state index in [1.165, 1.54) is 14.2 Å². The third kappa shape index (κ3) is 9.15. The molecular formula is C44H50N8O6. The Morgan fingerprint density at radius 1 is 0.655 bits per heavy atom. The molecule has 2 aromatic carbocycles. The van der Waals surface area contributed by atoms with Gasteiger partial charge in [-0.2, -0.15) is 0 Å². The maximum atomic E-state index is 13.6. The van der Waals surface area contributed by atoms with Crippen molar-refractivity contribution in [2.45, 2.75) is 65.7 Å². The average molecular weight is 787 g/mol. The number of aromatic nitrogens is 4. The fourth-order valence-electron chi connectivity index (χ4n) is 7.08. The molecule has 302 valence electrons. The molecule has 14 heteroatoms. The van der Waals surface area contributed by atoms with Crippen LogP contribution >= 0.6 is 0 Å². The van der Waals surface area contributed by atoms with Crippen molar-refractivity contribution in [2.24, 2.45) is 11.8 Å². The highest BCUT2D eigenvalue weighted by Gasteiger charge is 2.38. The summed E-state index contributed by atoms with van der Waals surface area (Å²) in [6.07, 6.45) is 6.24. The predicted octanol–water partition coefficient (Wildman–Crippen LogP) is 6.29. The van der Waals surface area contributed by atoms with Gasteiger partial charge < -0.3 is 39.9 Å². The molecule has 0 unspecified atom stereocenters. The third-order valence-electron chi connectivity index (χ3n) is 10.2. The Labute approximate surface area is 338 Å². The molecule has 6 rings (SSSR count). The number of aromatic amines is 2. The lowest BCUT2D eigenvalue weighted by atomic mass is 10.0. The Morgan fingerprint density at radius 3 is 1.34 bits per heavy atom. The fraction of sp³-hybridized carbons (Fsp3) is 0.364. The van der Waals surface area contributed by atoms with Crippen LogP contribution in [0.2, 0.25) is 0 Å². The van der Waals surface area contributed by atoms with E-state index in [1.807, 2.05) is 102 Å². The number of ether oxygens (including phenoxy) is 2. The highest BCUT2D eigenvalue weighted by atomic mass is 16.5. The second-order valence-electron chi connectivity index (χ2n) is 15.3. The van der Waals surface area contributed by atoms with Gasteiger partial charge in [-0.05, 0) is 61.1 Å². The van der Waals surface area contributed by atoms with E-state index in [1.54, 1.807) is 22.2 Å². The molecule has 0 radical (unpaired) electrons. The molecule has 4 atom stereocenters. The molecule has 0 fully saturated rings. The number of benzene rings is 2. The van der Waals surface area contributed by atoms with E-state index in [-0.39, 0.29) is 23.7 Å². The molecule has 4 heterocycles. The minimum Gasteiger partial charge on any atom is -0.453 e. The van der Waals surface area contributed by atoms with E-state index in [9.17, 15) is 19.2 Å². The summed E-state index contributed by atoms with van der Waals surface area (Å²) < 4.78 is 9.51. The number of nitrogens with one attached hydrogen (secondary N) is 4. The van der Waals surface area contributed by atoms with Crippen molar-refractivity contribution < 1.29 is 28.7 Å². The molecule has 14 nitrogen and oxygen atoms in total. The Balaban J connectivity index is 1.10. The second-order valence-corrected chi connectivity index (χ2v) is 15.3. The Kier molecular flexibility index (Phi) is 12.5. The zero-order valence-electron chi connectivity index (χ0n) is 34.0. The first-order valence-corrected chi connectivity index (χ1v) is 19.2. The van der Waals surface area contributed by atoms with Crippen molar-refractivity contribution in [3.8, 4) is 34.4 Å². The lowest BCUT2D eigenvalue weighted by molar-refractivity contribution is -0.135. The quantitative estimate of drug-likeness (QED) is 0.107. The molecule has 2 aliphatic heterocycles. The SMILES string of the molecule is COC(=O)N[C@H](C(=O)N1CC(C)=C[C@H]1c1ncc(-c2ccc(C#Cc3ccc(-c4cnc([C@@H]5C=C(C)CN5C(=O)[C@@H](NC(=O)OC)C(C)C)[nH]4)cc3)cc2)[nH]1)C(C)C. The normalized spacial score (nSPS) is 17.3. The minimum absolute atomic E-state index is 0.141. The van der Waals surface area contributed by atoms with Gasteiger partial charge in [-0.25, -0.2) is 19.6 Å². The molecular weight excluding hydrogens is 737 g/mol. The van der Waals surface area contributed by atoms with E-state index in [4.69, 9.17) is 9.47 Å². The molecule has 0 spiro atoms. The summed E-state index contributed by atoms with van der Waals surface area (Å²) in [4.78, 5) is 70.7. The van der Waals surface area contributed by atoms with Crippen LogP contribution in [0.3, 0.4) is 0 Å². The van der Waals surface area contributed by atoms with Crippen LogP contribution in [0.4, 0.5) is 9.59 Å². The van der Waals surface area contributed by atoms with E-state index < -0.39 is 36.4 Å². The van der Waals surface area contributed by atoms with Crippen molar-refractivity contribution in [1.29, 1.82) is 0 Å². The number of alkyl carbamates (subject to hydrolysis) is 2. The summed E-state index contributed by atoms with van der Waals surface area (Å²) >= 11 is 0.